The summed E-state index contributed by atoms with van der Waals surface area (Å²) in [5, 5.41) is 24.2. The second-order valence-corrected chi connectivity index (χ2v) is 12.1. The highest BCUT2D eigenvalue weighted by Gasteiger charge is 2.49. The molecule has 3 aromatic carbocycles. The zero-order valence-corrected chi connectivity index (χ0v) is 24.5. The van der Waals surface area contributed by atoms with Gasteiger partial charge in [0.15, 0.2) is 5.82 Å². The number of terminal acetylenes is 1. The highest BCUT2D eigenvalue weighted by atomic mass is 19.1. The standard InChI is InChI=1S/C34H31F3N6O2/c1-2-20-5-3-6-21-13-24(44)14-25(28(20)21)29-27(36)15-26-31(30(29)37)40-33(41-32(26)42-12-10-39-23(18-42)7-9-38)45-19-34-8-4-11-43(34)17-22(35)16-34/h1,3,5-6,13-15,22-23,39,44H,4,7-8,10-12,16-19H2/t22-,23+,34+/m1/s1. The maximum absolute atomic E-state index is 16.8. The lowest BCUT2D eigenvalue weighted by Crippen LogP contribution is -2.51. The van der Waals surface area contributed by atoms with Crippen LogP contribution in [0.15, 0.2) is 36.4 Å². The zero-order chi connectivity index (χ0) is 31.3. The summed E-state index contributed by atoms with van der Waals surface area (Å²) in [7, 11) is 0. The Labute approximate surface area is 258 Å². The molecule has 0 radical (unpaired) electrons. The number of aromatic hydroxyl groups is 1. The molecule has 3 fully saturated rings. The van der Waals surface area contributed by atoms with Crippen molar-refractivity contribution in [3.63, 3.8) is 0 Å². The molecule has 0 amide bonds. The second-order valence-electron chi connectivity index (χ2n) is 12.1. The Kier molecular flexibility index (Phi) is 7.39. The van der Waals surface area contributed by atoms with Gasteiger partial charge in [-0.2, -0.15) is 15.2 Å². The monoisotopic (exact) mass is 612 g/mol. The van der Waals surface area contributed by atoms with Crippen LogP contribution in [0.3, 0.4) is 0 Å². The van der Waals surface area contributed by atoms with Crippen molar-refractivity contribution in [3.8, 4) is 41.3 Å². The number of piperazine rings is 1. The molecule has 45 heavy (non-hydrogen) atoms. The van der Waals surface area contributed by atoms with Gasteiger partial charge in [0.05, 0.1) is 23.6 Å². The molecule has 11 heteroatoms. The van der Waals surface area contributed by atoms with Gasteiger partial charge >= 0.3 is 6.01 Å². The summed E-state index contributed by atoms with van der Waals surface area (Å²) in [6.07, 6.45) is 7.09. The summed E-state index contributed by atoms with van der Waals surface area (Å²) in [6.45, 7) is 2.66. The first-order valence-electron chi connectivity index (χ1n) is 15.1. The summed E-state index contributed by atoms with van der Waals surface area (Å²) in [5.41, 5.74) is -0.521. The van der Waals surface area contributed by atoms with E-state index < -0.39 is 23.3 Å². The molecule has 8 nitrogen and oxygen atoms in total. The van der Waals surface area contributed by atoms with Crippen molar-refractivity contribution >= 4 is 27.5 Å². The molecular weight excluding hydrogens is 581 g/mol. The molecule has 7 rings (SSSR count). The second kappa shape index (κ2) is 11.4. The largest absolute Gasteiger partial charge is 0.508 e. The number of anilines is 1. The number of ether oxygens (including phenoxy) is 1. The maximum atomic E-state index is 16.8. The van der Waals surface area contributed by atoms with E-state index in [1.165, 1.54) is 18.2 Å². The summed E-state index contributed by atoms with van der Waals surface area (Å²) >= 11 is 0. The molecule has 3 aliphatic rings. The average Bonchev–Trinajstić information content (AvgIpc) is 3.55. The lowest BCUT2D eigenvalue weighted by atomic mass is 9.93. The fourth-order valence-corrected chi connectivity index (χ4v) is 7.35. The summed E-state index contributed by atoms with van der Waals surface area (Å²) in [5.74, 6) is 0.857. The van der Waals surface area contributed by atoms with Crippen LogP contribution in [-0.4, -0.2) is 77.1 Å². The number of benzene rings is 3. The number of halogens is 3. The van der Waals surface area contributed by atoms with Crippen LogP contribution in [0.4, 0.5) is 19.0 Å². The Morgan fingerprint density at radius 3 is 2.87 bits per heavy atom. The summed E-state index contributed by atoms with van der Waals surface area (Å²) in [4.78, 5) is 13.1. The third-order valence-electron chi connectivity index (χ3n) is 9.35. The van der Waals surface area contributed by atoms with Gasteiger partial charge in [-0.15, -0.1) is 6.42 Å². The highest BCUT2D eigenvalue weighted by molar-refractivity contribution is 6.04. The summed E-state index contributed by atoms with van der Waals surface area (Å²) in [6, 6.07) is 11.0. The van der Waals surface area contributed by atoms with Crippen LogP contribution < -0.4 is 15.0 Å². The number of hydrogen-bond acceptors (Lipinski definition) is 8. The normalized spacial score (nSPS) is 23.3. The van der Waals surface area contributed by atoms with Crippen LogP contribution in [0, 0.1) is 35.3 Å². The third-order valence-corrected chi connectivity index (χ3v) is 9.35. The first-order valence-corrected chi connectivity index (χ1v) is 15.1. The Bertz CT molecular complexity index is 1910. The van der Waals surface area contributed by atoms with Crippen molar-refractivity contribution in [3.05, 3.63) is 53.6 Å². The fourth-order valence-electron chi connectivity index (χ4n) is 7.35. The SMILES string of the molecule is C#Cc1cccc2cc(O)cc(-c3c(F)cc4c(N5CCN[C@@H](CC#N)C5)nc(OC[C@@]56CCCN5C[C@H](F)C6)nc4c3F)c12. The molecule has 3 atom stereocenters. The fraction of sp³-hybridized carbons (Fsp3) is 0.382. The minimum Gasteiger partial charge on any atom is -0.508 e. The van der Waals surface area contributed by atoms with Gasteiger partial charge in [-0.05, 0) is 49.0 Å². The molecule has 0 unspecified atom stereocenters. The van der Waals surface area contributed by atoms with Crippen molar-refractivity contribution < 1.29 is 23.0 Å². The van der Waals surface area contributed by atoms with E-state index in [4.69, 9.17) is 11.2 Å². The van der Waals surface area contributed by atoms with E-state index in [2.05, 4.69) is 32.2 Å². The predicted octanol–water partition coefficient (Wildman–Crippen LogP) is 5.06. The number of alkyl halides is 1. The molecular formula is C34H31F3N6O2. The van der Waals surface area contributed by atoms with E-state index in [1.54, 1.807) is 18.2 Å². The average molecular weight is 613 g/mol. The number of rotatable bonds is 6. The van der Waals surface area contributed by atoms with Crippen molar-refractivity contribution in [2.75, 3.05) is 44.2 Å². The number of nitrogens with zero attached hydrogens (tertiary/aromatic N) is 5. The quantitative estimate of drug-likeness (QED) is 0.292. The van der Waals surface area contributed by atoms with Crippen molar-refractivity contribution in [2.24, 2.45) is 0 Å². The van der Waals surface area contributed by atoms with Crippen molar-refractivity contribution in [1.82, 2.24) is 20.2 Å². The van der Waals surface area contributed by atoms with Crippen LogP contribution in [0.2, 0.25) is 0 Å². The van der Waals surface area contributed by atoms with Gasteiger partial charge in [0.2, 0.25) is 0 Å². The van der Waals surface area contributed by atoms with Crippen molar-refractivity contribution in [2.45, 2.75) is 43.4 Å². The lowest BCUT2D eigenvalue weighted by molar-refractivity contribution is 0.107. The molecule has 0 spiro atoms. The first-order chi connectivity index (χ1) is 21.8. The van der Waals surface area contributed by atoms with Gasteiger partial charge in [-0.1, -0.05) is 18.1 Å². The number of phenols is 1. The minimum absolute atomic E-state index is 0.0924. The lowest BCUT2D eigenvalue weighted by Gasteiger charge is -2.34. The smallest absolute Gasteiger partial charge is 0.319 e. The van der Waals surface area contributed by atoms with Crippen LogP contribution >= 0.6 is 0 Å². The zero-order valence-electron chi connectivity index (χ0n) is 24.5. The molecule has 4 aromatic rings. The molecule has 4 heterocycles. The molecule has 1 aromatic heterocycles. The highest BCUT2D eigenvalue weighted by Crippen LogP contribution is 2.43. The van der Waals surface area contributed by atoms with Gasteiger partial charge in [0.25, 0.3) is 0 Å². The van der Waals surface area contributed by atoms with Gasteiger partial charge in [-0.3, -0.25) is 4.90 Å². The Morgan fingerprint density at radius 1 is 1.18 bits per heavy atom. The van der Waals surface area contributed by atoms with Crippen LogP contribution in [-0.2, 0) is 0 Å². The van der Waals surface area contributed by atoms with E-state index in [9.17, 15) is 14.8 Å². The molecule has 2 N–H and O–H groups in total. The molecule has 3 saturated heterocycles. The Balaban J connectivity index is 1.39. The third kappa shape index (κ3) is 5.06. The van der Waals surface area contributed by atoms with Gasteiger partial charge in [0, 0.05) is 60.5 Å². The number of nitriles is 1. The number of nitrogens with one attached hydrogen (secondary N) is 1. The first kappa shape index (κ1) is 29.1. The number of hydrogen-bond donors (Lipinski definition) is 2. The van der Waals surface area contributed by atoms with E-state index in [-0.39, 0.29) is 58.7 Å². The molecule has 3 aliphatic heterocycles. The molecule has 0 saturated carbocycles. The van der Waals surface area contributed by atoms with E-state index >= 15 is 8.78 Å². The molecule has 0 aliphatic carbocycles. The van der Waals surface area contributed by atoms with Gasteiger partial charge in [0.1, 0.15) is 35.7 Å². The van der Waals surface area contributed by atoms with Gasteiger partial charge in [-0.25, -0.2) is 13.2 Å². The minimum atomic E-state index is -0.953. The van der Waals surface area contributed by atoms with Crippen LogP contribution in [0.5, 0.6) is 11.8 Å². The predicted molar refractivity (Wildman–Crippen MR) is 165 cm³/mol. The summed E-state index contributed by atoms with van der Waals surface area (Å²) < 4.78 is 53.6. The molecule has 0 bridgehead atoms. The Morgan fingerprint density at radius 2 is 2.04 bits per heavy atom. The maximum Gasteiger partial charge on any atom is 0.319 e. The van der Waals surface area contributed by atoms with E-state index in [0.29, 0.717) is 48.9 Å². The number of phenolic OH excluding ortho intramolecular Hbond substituents is 1. The Hall–Kier alpha value is -4.58. The van der Waals surface area contributed by atoms with E-state index in [1.807, 2.05) is 4.90 Å². The number of aromatic nitrogens is 2. The van der Waals surface area contributed by atoms with Crippen LogP contribution in [0.1, 0.15) is 31.2 Å². The number of fused-ring (bicyclic) bond motifs is 3. The van der Waals surface area contributed by atoms with Crippen LogP contribution in [0.25, 0.3) is 32.8 Å². The topological polar surface area (TPSA) is 97.5 Å². The van der Waals surface area contributed by atoms with Crippen molar-refractivity contribution in [1.29, 1.82) is 5.26 Å². The molecule has 230 valence electrons. The van der Waals surface area contributed by atoms with E-state index in [0.717, 1.165) is 19.4 Å². The van der Waals surface area contributed by atoms with Gasteiger partial charge < -0.3 is 20.1 Å².